The Bertz CT molecular complexity index is 98.3. The van der Waals surface area contributed by atoms with E-state index in [0.717, 1.165) is 12.5 Å². The molecule has 2 heteroatoms. The van der Waals surface area contributed by atoms with E-state index in [2.05, 4.69) is 4.99 Å². The molecule has 0 saturated heterocycles. The molecular formula is C5H9NO. The first-order chi connectivity index (χ1) is 3.29. The molecule has 1 aliphatic rings. The largest absolute Gasteiger partial charge is 0.479 e. The molecule has 0 saturated carbocycles. The molecule has 0 amide bonds. The maximum absolute atomic E-state index is 5.02. The SMILES string of the molecule is CC1=N[C@@H](C)CO1. The maximum Gasteiger partial charge on any atom is 0.180 e. The first-order valence-electron chi connectivity index (χ1n) is 2.46. The van der Waals surface area contributed by atoms with Gasteiger partial charge in [-0.15, -0.1) is 0 Å². The van der Waals surface area contributed by atoms with E-state index >= 15 is 0 Å². The third-order valence-electron chi connectivity index (χ3n) is 0.936. The molecule has 0 bridgehead atoms. The highest BCUT2D eigenvalue weighted by molar-refractivity contribution is 5.74. The fraction of sp³-hybridized carbons (Fsp3) is 0.800. The van der Waals surface area contributed by atoms with E-state index in [1.165, 1.54) is 0 Å². The van der Waals surface area contributed by atoms with Gasteiger partial charge in [-0.1, -0.05) is 0 Å². The molecule has 1 rings (SSSR count). The van der Waals surface area contributed by atoms with E-state index in [4.69, 9.17) is 4.74 Å². The highest BCUT2D eigenvalue weighted by Crippen LogP contribution is 2.00. The number of aliphatic imine (C=N–C) groups is 1. The summed E-state index contributed by atoms with van der Waals surface area (Å²) in [6, 6.07) is 0.389. The van der Waals surface area contributed by atoms with Crippen LogP contribution in [0.25, 0.3) is 0 Å². The standard InChI is InChI=1S/C5H9NO/c1-4-3-7-5(2)6-4/h4H,3H2,1-2H3/t4-/m0/s1. The first kappa shape index (κ1) is 4.62. The molecule has 7 heavy (non-hydrogen) atoms. The van der Waals surface area contributed by atoms with Crippen molar-refractivity contribution in [2.24, 2.45) is 4.99 Å². The summed E-state index contributed by atoms with van der Waals surface area (Å²) in [5.41, 5.74) is 0. The zero-order valence-electron chi connectivity index (χ0n) is 4.64. The summed E-state index contributed by atoms with van der Waals surface area (Å²) in [4.78, 5) is 4.08. The third-order valence-corrected chi connectivity index (χ3v) is 0.936. The van der Waals surface area contributed by atoms with Crippen molar-refractivity contribution < 1.29 is 4.74 Å². The lowest BCUT2D eigenvalue weighted by Gasteiger charge is -1.90. The lowest BCUT2D eigenvalue weighted by molar-refractivity contribution is 0.321. The average Bonchev–Trinajstić information content (AvgIpc) is 1.87. The summed E-state index contributed by atoms with van der Waals surface area (Å²) in [5.74, 6) is 0.826. The molecule has 0 aromatic heterocycles. The number of ether oxygens (including phenoxy) is 1. The van der Waals surface area contributed by atoms with Gasteiger partial charge in [0.2, 0.25) is 0 Å². The van der Waals surface area contributed by atoms with Crippen LogP contribution in [0.5, 0.6) is 0 Å². The summed E-state index contributed by atoms with van der Waals surface area (Å²) in [6.07, 6.45) is 0. The number of nitrogens with zero attached hydrogens (tertiary/aromatic N) is 1. The molecule has 0 aliphatic carbocycles. The Labute approximate surface area is 43.2 Å². The predicted molar refractivity (Wildman–Crippen MR) is 28.5 cm³/mol. The van der Waals surface area contributed by atoms with Crippen LogP contribution < -0.4 is 0 Å². The van der Waals surface area contributed by atoms with Crippen molar-refractivity contribution >= 4 is 5.90 Å². The van der Waals surface area contributed by atoms with Crippen molar-refractivity contribution in [3.63, 3.8) is 0 Å². The Morgan fingerprint density at radius 2 is 2.57 bits per heavy atom. The van der Waals surface area contributed by atoms with Crippen molar-refractivity contribution in [2.75, 3.05) is 6.61 Å². The van der Waals surface area contributed by atoms with Gasteiger partial charge < -0.3 is 4.74 Å². The van der Waals surface area contributed by atoms with Gasteiger partial charge in [-0.05, 0) is 6.92 Å². The van der Waals surface area contributed by atoms with Crippen LogP contribution >= 0.6 is 0 Å². The van der Waals surface area contributed by atoms with Gasteiger partial charge in [-0.25, -0.2) is 4.99 Å². The van der Waals surface area contributed by atoms with E-state index in [9.17, 15) is 0 Å². The third kappa shape index (κ3) is 0.918. The topological polar surface area (TPSA) is 21.6 Å². The monoisotopic (exact) mass is 99.1 g/mol. The lowest BCUT2D eigenvalue weighted by atomic mass is 10.4. The smallest absolute Gasteiger partial charge is 0.180 e. The van der Waals surface area contributed by atoms with Crippen LogP contribution in [0.3, 0.4) is 0 Å². The molecule has 0 aromatic carbocycles. The first-order valence-corrected chi connectivity index (χ1v) is 2.46. The maximum atomic E-state index is 5.02. The van der Waals surface area contributed by atoms with Crippen LogP contribution in [0.4, 0.5) is 0 Å². The number of hydrogen-bond donors (Lipinski definition) is 0. The zero-order chi connectivity index (χ0) is 5.28. The van der Waals surface area contributed by atoms with Crippen LogP contribution in [-0.4, -0.2) is 18.5 Å². The van der Waals surface area contributed by atoms with Gasteiger partial charge in [-0.2, -0.15) is 0 Å². The molecule has 0 unspecified atom stereocenters. The van der Waals surface area contributed by atoms with Gasteiger partial charge in [-0.3, -0.25) is 0 Å². The van der Waals surface area contributed by atoms with Gasteiger partial charge in [0.05, 0.1) is 6.04 Å². The molecule has 0 fully saturated rings. The average molecular weight is 99.1 g/mol. The second kappa shape index (κ2) is 1.52. The Morgan fingerprint density at radius 1 is 1.86 bits per heavy atom. The molecule has 0 spiro atoms. The molecule has 0 aromatic rings. The Balaban J connectivity index is 2.50. The van der Waals surface area contributed by atoms with Gasteiger partial charge in [0.25, 0.3) is 0 Å². The lowest BCUT2D eigenvalue weighted by Crippen LogP contribution is -1.97. The molecule has 1 aliphatic heterocycles. The van der Waals surface area contributed by atoms with Crippen LogP contribution in [0.15, 0.2) is 4.99 Å². The summed E-state index contributed by atoms with van der Waals surface area (Å²) < 4.78 is 5.02. The quantitative estimate of drug-likeness (QED) is 0.440. The zero-order valence-corrected chi connectivity index (χ0v) is 4.64. The Hall–Kier alpha value is -0.530. The molecule has 0 radical (unpaired) electrons. The van der Waals surface area contributed by atoms with Crippen LogP contribution in [-0.2, 0) is 4.74 Å². The minimum Gasteiger partial charge on any atom is -0.479 e. The highest BCUT2D eigenvalue weighted by atomic mass is 16.5. The van der Waals surface area contributed by atoms with Crippen LogP contribution in [0.1, 0.15) is 13.8 Å². The van der Waals surface area contributed by atoms with E-state index in [1.54, 1.807) is 0 Å². The fourth-order valence-corrected chi connectivity index (χ4v) is 0.626. The number of hydrogen-bond acceptors (Lipinski definition) is 2. The second-order valence-corrected chi connectivity index (χ2v) is 1.81. The van der Waals surface area contributed by atoms with Crippen molar-refractivity contribution in [1.29, 1.82) is 0 Å². The predicted octanol–water partition coefficient (Wildman–Crippen LogP) is 0.824. The van der Waals surface area contributed by atoms with Gasteiger partial charge in [0.15, 0.2) is 5.90 Å². The van der Waals surface area contributed by atoms with Gasteiger partial charge in [0.1, 0.15) is 6.61 Å². The molecule has 40 valence electrons. The Morgan fingerprint density at radius 3 is 2.71 bits per heavy atom. The minimum atomic E-state index is 0.389. The van der Waals surface area contributed by atoms with Crippen LogP contribution in [0, 0.1) is 0 Å². The molecule has 1 atom stereocenters. The summed E-state index contributed by atoms with van der Waals surface area (Å²) in [6.45, 7) is 4.69. The van der Waals surface area contributed by atoms with E-state index in [0.29, 0.717) is 6.04 Å². The van der Waals surface area contributed by atoms with Crippen molar-refractivity contribution in [1.82, 2.24) is 0 Å². The molecule has 0 N–H and O–H groups in total. The van der Waals surface area contributed by atoms with E-state index in [-0.39, 0.29) is 0 Å². The highest BCUT2D eigenvalue weighted by Gasteiger charge is 2.07. The molecule has 1 heterocycles. The van der Waals surface area contributed by atoms with Gasteiger partial charge >= 0.3 is 0 Å². The van der Waals surface area contributed by atoms with Crippen molar-refractivity contribution in [3.8, 4) is 0 Å². The second-order valence-electron chi connectivity index (χ2n) is 1.81. The van der Waals surface area contributed by atoms with Crippen molar-refractivity contribution in [3.05, 3.63) is 0 Å². The fourth-order valence-electron chi connectivity index (χ4n) is 0.626. The summed E-state index contributed by atoms with van der Waals surface area (Å²) in [5, 5.41) is 0. The number of rotatable bonds is 0. The van der Waals surface area contributed by atoms with Crippen LogP contribution in [0.2, 0.25) is 0 Å². The van der Waals surface area contributed by atoms with Crippen molar-refractivity contribution in [2.45, 2.75) is 19.9 Å². The minimum absolute atomic E-state index is 0.389. The Kier molecular flexibility index (Phi) is 1.01. The van der Waals surface area contributed by atoms with E-state index in [1.807, 2.05) is 13.8 Å². The molecular weight excluding hydrogens is 90.1 g/mol. The van der Waals surface area contributed by atoms with E-state index < -0.39 is 0 Å². The van der Waals surface area contributed by atoms with Gasteiger partial charge in [0, 0.05) is 6.92 Å². The summed E-state index contributed by atoms with van der Waals surface area (Å²) >= 11 is 0. The summed E-state index contributed by atoms with van der Waals surface area (Å²) in [7, 11) is 0. The normalized spacial score (nSPS) is 29.4. The molecule has 2 nitrogen and oxygen atoms in total.